The average Bonchev–Trinajstić information content (AvgIpc) is 3.10. The largest absolute Gasteiger partial charge is 0.756 e. The van der Waals surface area contributed by atoms with Crippen molar-refractivity contribution in [2.24, 2.45) is 0 Å². The fourth-order valence-corrected chi connectivity index (χ4v) is 5.64. The molecule has 2 aliphatic rings. The zero-order chi connectivity index (χ0) is 28.6. The van der Waals surface area contributed by atoms with Gasteiger partial charge in [-0.1, -0.05) is 0 Å². The van der Waals surface area contributed by atoms with Crippen LogP contribution in [-0.4, -0.2) is 114 Å². The highest BCUT2D eigenvalue weighted by atomic mass is 31.3. The third-order valence-corrected chi connectivity index (χ3v) is 8.00. The van der Waals surface area contributed by atoms with E-state index in [1.807, 2.05) is 0 Å². The van der Waals surface area contributed by atoms with Gasteiger partial charge < -0.3 is 65.3 Å². The molecule has 0 radical (unpaired) electrons. The van der Waals surface area contributed by atoms with Crippen LogP contribution in [0.3, 0.4) is 0 Å². The van der Waals surface area contributed by atoms with Gasteiger partial charge in [-0.3, -0.25) is 18.2 Å². The molecule has 0 aliphatic carbocycles. The topological polar surface area (TPSA) is 329 Å². The number of nitrogen functional groups attached to an aromatic ring is 1. The second-order valence-electron chi connectivity index (χ2n) is 8.16. The van der Waals surface area contributed by atoms with Crippen molar-refractivity contribution in [2.45, 2.75) is 61.3 Å². The van der Waals surface area contributed by atoms with E-state index in [0.717, 1.165) is 10.8 Å². The number of ether oxygens (including phenoxy) is 2. The van der Waals surface area contributed by atoms with E-state index in [9.17, 15) is 54.4 Å². The second kappa shape index (κ2) is 12.0. The van der Waals surface area contributed by atoms with Gasteiger partial charge >= 0.3 is 5.69 Å². The molecule has 2 unspecified atom stereocenters. The molecule has 3 heterocycles. The van der Waals surface area contributed by atoms with Crippen molar-refractivity contribution in [3.05, 3.63) is 22.7 Å². The van der Waals surface area contributed by atoms with Crippen LogP contribution in [-0.2, 0) is 32.0 Å². The molecule has 20 nitrogen and oxygen atoms in total. The number of phosphoric acid groups is 2. The van der Waals surface area contributed by atoms with Crippen molar-refractivity contribution in [1.82, 2.24) is 9.55 Å². The van der Waals surface area contributed by atoms with Crippen LogP contribution in [0, 0.1) is 0 Å². The van der Waals surface area contributed by atoms with Crippen LogP contribution >= 0.6 is 15.6 Å². The number of aliphatic hydroxyl groups excluding tert-OH is 7. The smallest absolute Gasteiger partial charge is 0.351 e. The standard InChI is InChI=1S/C16H27N3O17P2/c17-7-1-2-19(16(27)18-7)14-11(25)8(22)6(33-14)4-32-37(28,29)36-38(30,31)35-15-12(26)9(23)10(24)13(34-15)5(21)3-20/h1-2,5-6,8-15,20-26H,3-4H2,(H,28,29)(H,30,31)(H2,17,18,27)/p-2/t5-,6-,8-,9+,10+,11-,12+,13-,14-,15+/m1/s1. The molecule has 0 amide bonds. The minimum absolute atomic E-state index is 0.148. The zero-order valence-electron chi connectivity index (χ0n) is 18.9. The molecule has 0 spiro atoms. The van der Waals surface area contributed by atoms with Crippen LogP contribution in [0.15, 0.2) is 17.1 Å². The third-order valence-electron chi connectivity index (χ3n) is 5.47. The summed E-state index contributed by atoms with van der Waals surface area (Å²) in [5, 5.41) is 68.5. The summed E-state index contributed by atoms with van der Waals surface area (Å²) in [5.74, 6) is -0.148. The molecule has 22 heteroatoms. The Morgan fingerprint density at radius 3 is 2.32 bits per heavy atom. The van der Waals surface area contributed by atoms with Gasteiger partial charge in [0.1, 0.15) is 54.6 Å². The molecule has 3 rings (SSSR count). The van der Waals surface area contributed by atoms with E-state index in [4.69, 9.17) is 20.3 Å². The summed E-state index contributed by atoms with van der Waals surface area (Å²) < 4.78 is 47.5. The summed E-state index contributed by atoms with van der Waals surface area (Å²) in [6.45, 7) is -2.13. The third kappa shape index (κ3) is 7.01. The van der Waals surface area contributed by atoms with Crippen molar-refractivity contribution < 1.29 is 77.5 Å². The van der Waals surface area contributed by atoms with E-state index in [1.54, 1.807) is 0 Å². The first-order valence-corrected chi connectivity index (χ1v) is 13.5. The Kier molecular flexibility index (Phi) is 9.81. The Hall–Kier alpha value is -1.42. The highest BCUT2D eigenvalue weighted by Crippen LogP contribution is 2.57. The number of anilines is 1. The van der Waals surface area contributed by atoms with Gasteiger partial charge in [-0.25, -0.2) is 9.11 Å². The Labute approximate surface area is 212 Å². The monoisotopic (exact) mass is 593 g/mol. The van der Waals surface area contributed by atoms with Crippen molar-refractivity contribution in [2.75, 3.05) is 18.9 Å². The Morgan fingerprint density at radius 2 is 1.71 bits per heavy atom. The minimum Gasteiger partial charge on any atom is -0.756 e. The van der Waals surface area contributed by atoms with E-state index in [0.29, 0.717) is 0 Å². The van der Waals surface area contributed by atoms with Gasteiger partial charge in [0, 0.05) is 6.20 Å². The molecule has 38 heavy (non-hydrogen) atoms. The van der Waals surface area contributed by atoms with Gasteiger partial charge in [0.05, 0.1) is 13.2 Å². The SMILES string of the molecule is Nc1ccn([C@@H]2O[C@H](COP(=O)([O-])OP(=O)([O-])O[C@@H]3O[C@H]([C@H](O)CO)[C@@H](O)[C@H](O)[C@@H]3O)[C@@H](O)[C@H]2O)c(=O)n1. The molecular formula is C16H25N3O17P2-2. The number of aliphatic hydroxyl groups is 7. The summed E-state index contributed by atoms with van der Waals surface area (Å²) in [4.78, 5) is 39.6. The van der Waals surface area contributed by atoms with E-state index in [1.165, 1.54) is 6.07 Å². The van der Waals surface area contributed by atoms with Crippen LogP contribution in [0.5, 0.6) is 0 Å². The van der Waals surface area contributed by atoms with Gasteiger partial charge in [-0.15, -0.1) is 0 Å². The van der Waals surface area contributed by atoms with E-state index < -0.39 is 95.9 Å². The first-order chi connectivity index (χ1) is 17.6. The highest BCUT2D eigenvalue weighted by Gasteiger charge is 2.48. The summed E-state index contributed by atoms with van der Waals surface area (Å²) in [5.41, 5.74) is 4.40. The molecule has 9 N–H and O–H groups in total. The molecule has 1 aromatic heterocycles. The molecule has 2 aliphatic heterocycles. The van der Waals surface area contributed by atoms with E-state index in [-0.39, 0.29) is 5.82 Å². The molecular weight excluding hydrogens is 568 g/mol. The first-order valence-electron chi connectivity index (χ1n) is 10.6. The van der Waals surface area contributed by atoms with Crippen molar-refractivity contribution in [3.8, 4) is 0 Å². The molecule has 1 aromatic rings. The van der Waals surface area contributed by atoms with Gasteiger partial charge in [0.2, 0.25) is 0 Å². The van der Waals surface area contributed by atoms with Crippen molar-refractivity contribution >= 4 is 21.5 Å². The Morgan fingerprint density at radius 1 is 1.05 bits per heavy atom. The first kappa shape index (κ1) is 31.1. The predicted octanol–water partition coefficient (Wildman–Crippen LogP) is -6.41. The summed E-state index contributed by atoms with van der Waals surface area (Å²) >= 11 is 0. The minimum atomic E-state index is -5.98. The highest BCUT2D eigenvalue weighted by molar-refractivity contribution is 7.59. The zero-order valence-corrected chi connectivity index (χ0v) is 20.7. The van der Waals surface area contributed by atoms with Gasteiger partial charge in [-0.05, 0) is 6.07 Å². The fourth-order valence-electron chi connectivity index (χ4n) is 3.56. The van der Waals surface area contributed by atoms with Crippen LogP contribution in [0.25, 0.3) is 0 Å². The molecule has 12 atom stereocenters. The lowest BCUT2D eigenvalue weighted by Crippen LogP contribution is -2.61. The maximum Gasteiger partial charge on any atom is 0.351 e. The molecule has 2 fully saturated rings. The number of rotatable bonds is 10. The summed E-state index contributed by atoms with van der Waals surface area (Å²) in [7, 11) is -11.8. The van der Waals surface area contributed by atoms with Gasteiger partial charge in [0.25, 0.3) is 15.6 Å². The van der Waals surface area contributed by atoms with Crippen LogP contribution in [0.4, 0.5) is 5.82 Å². The second-order valence-corrected chi connectivity index (χ2v) is 11.1. The molecule has 218 valence electrons. The number of nitrogens with two attached hydrogens (primary N) is 1. The summed E-state index contributed by atoms with van der Waals surface area (Å²) in [6.07, 6.45) is -18.2. The predicted molar refractivity (Wildman–Crippen MR) is 112 cm³/mol. The van der Waals surface area contributed by atoms with E-state index in [2.05, 4.69) is 18.3 Å². The quantitative estimate of drug-likeness (QED) is 0.117. The van der Waals surface area contributed by atoms with Gasteiger partial charge in [0.15, 0.2) is 12.5 Å². The lowest BCUT2D eigenvalue weighted by atomic mass is 9.96. The van der Waals surface area contributed by atoms with Gasteiger partial charge in [-0.2, -0.15) is 4.98 Å². The van der Waals surface area contributed by atoms with Crippen molar-refractivity contribution in [1.29, 1.82) is 0 Å². The molecule has 0 saturated carbocycles. The normalized spacial score (nSPS) is 37.9. The number of hydrogen-bond acceptors (Lipinski definition) is 19. The number of aromatic nitrogens is 2. The van der Waals surface area contributed by atoms with Crippen LogP contribution in [0.2, 0.25) is 0 Å². The molecule has 0 bridgehead atoms. The fraction of sp³-hybridized carbons (Fsp3) is 0.750. The van der Waals surface area contributed by atoms with E-state index >= 15 is 0 Å². The molecule has 2 saturated heterocycles. The lowest BCUT2D eigenvalue weighted by Gasteiger charge is -2.43. The number of hydrogen-bond donors (Lipinski definition) is 8. The number of nitrogens with zero attached hydrogens (tertiary/aromatic N) is 2. The summed E-state index contributed by atoms with van der Waals surface area (Å²) in [6, 6.07) is 1.18. The Bertz CT molecular complexity index is 1120. The maximum atomic E-state index is 12.1. The Balaban J connectivity index is 1.62. The molecule has 0 aromatic carbocycles. The average molecular weight is 593 g/mol. The van der Waals surface area contributed by atoms with Crippen LogP contribution < -0.4 is 21.2 Å². The van der Waals surface area contributed by atoms with Crippen LogP contribution in [0.1, 0.15) is 6.23 Å². The number of phosphoric ester groups is 2. The van der Waals surface area contributed by atoms with Crippen molar-refractivity contribution in [3.63, 3.8) is 0 Å². The maximum absolute atomic E-state index is 12.1. The lowest BCUT2D eigenvalue weighted by molar-refractivity contribution is -0.313.